The second-order valence-corrected chi connectivity index (χ2v) is 3.78. The average Bonchev–Trinajstić information content (AvgIpc) is 2.02. The molecule has 1 fully saturated rings. The second kappa shape index (κ2) is 4.03. The topological polar surface area (TPSA) is 38.4 Å². The smallest absolute Gasteiger partial charge is 0.248 e. The molecule has 4 heteroatoms. The number of alkyl halides is 2. The lowest BCUT2D eigenvalue weighted by atomic mass is 9.87. The predicted molar refractivity (Wildman–Crippen MR) is 49.1 cm³/mol. The highest BCUT2D eigenvalue weighted by Crippen LogP contribution is 2.36. The number of amidine groups is 1. The van der Waals surface area contributed by atoms with Crippen LogP contribution in [0.3, 0.4) is 0 Å². The minimum absolute atomic E-state index is 0.0107. The molecule has 0 bridgehead atoms. The highest BCUT2D eigenvalue weighted by molar-refractivity contribution is 5.77. The summed E-state index contributed by atoms with van der Waals surface area (Å²) in [5.41, 5.74) is 5.36. The molecule has 2 N–H and O–H groups in total. The molecule has 0 spiro atoms. The monoisotopic (exact) mass is 190 g/mol. The fourth-order valence-electron chi connectivity index (χ4n) is 1.56. The molecule has 0 aromatic carbocycles. The molecule has 76 valence electrons. The quantitative estimate of drug-likeness (QED) is 0.526. The molecule has 1 aliphatic rings. The Morgan fingerprint density at radius 2 is 2.00 bits per heavy atom. The summed E-state index contributed by atoms with van der Waals surface area (Å²) in [5.74, 6) is -1.59. The molecule has 0 aliphatic heterocycles. The highest BCUT2D eigenvalue weighted by Gasteiger charge is 2.34. The van der Waals surface area contributed by atoms with Gasteiger partial charge in [0.15, 0.2) is 0 Å². The van der Waals surface area contributed by atoms with Gasteiger partial charge in [-0.25, -0.2) is 8.78 Å². The van der Waals surface area contributed by atoms with Gasteiger partial charge in [0.05, 0.1) is 5.84 Å². The molecule has 0 aromatic rings. The Bertz CT molecular complexity index is 188. The van der Waals surface area contributed by atoms with Gasteiger partial charge in [-0.15, -0.1) is 0 Å². The van der Waals surface area contributed by atoms with E-state index in [1.807, 2.05) is 0 Å². The third-order valence-corrected chi connectivity index (χ3v) is 2.44. The summed E-state index contributed by atoms with van der Waals surface area (Å²) in [6.45, 7) is 2.33. The standard InChI is InChI=1S/C9H16F2N2/c1-7(12)13-6-8-2-4-9(10,11)5-3-8/h8H,2-6H2,1H3,(H2,12,13). The Morgan fingerprint density at radius 3 is 2.46 bits per heavy atom. The van der Waals surface area contributed by atoms with Crippen molar-refractivity contribution in [3.05, 3.63) is 0 Å². The van der Waals surface area contributed by atoms with Crippen LogP contribution in [0.4, 0.5) is 8.78 Å². The van der Waals surface area contributed by atoms with Gasteiger partial charge in [-0.1, -0.05) is 0 Å². The molecule has 0 aromatic heterocycles. The molecule has 0 amide bonds. The van der Waals surface area contributed by atoms with Crippen molar-refractivity contribution >= 4 is 5.84 Å². The Kier molecular flexibility index (Phi) is 3.22. The van der Waals surface area contributed by atoms with E-state index >= 15 is 0 Å². The molecule has 0 saturated heterocycles. The third-order valence-electron chi connectivity index (χ3n) is 2.44. The van der Waals surface area contributed by atoms with Crippen LogP contribution in [-0.4, -0.2) is 18.3 Å². The van der Waals surface area contributed by atoms with Gasteiger partial charge in [0.2, 0.25) is 5.92 Å². The Morgan fingerprint density at radius 1 is 1.46 bits per heavy atom. The Labute approximate surface area is 77.2 Å². The van der Waals surface area contributed by atoms with Crippen molar-refractivity contribution in [1.29, 1.82) is 0 Å². The zero-order valence-corrected chi connectivity index (χ0v) is 7.89. The van der Waals surface area contributed by atoms with Crippen LogP contribution >= 0.6 is 0 Å². The van der Waals surface area contributed by atoms with Crippen LogP contribution in [0.25, 0.3) is 0 Å². The van der Waals surface area contributed by atoms with Crippen molar-refractivity contribution < 1.29 is 8.78 Å². The first kappa shape index (κ1) is 10.4. The molecule has 1 aliphatic carbocycles. The Hall–Kier alpha value is -0.670. The van der Waals surface area contributed by atoms with Gasteiger partial charge in [0.1, 0.15) is 0 Å². The zero-order valence-electron chi connectivity index (χ0n) is 7.89. The maximum Gasteiger partial charge on any atom is 0.248 e. The summed E-state index contributed by atoms with van der Waals surface area (Å²) in [7, 11) is 0. The maximum absolute atomic E-state index is 12.7. The summed E-state index contributed by atoms with van der Waals surface area (Å²) >= 11 is 0. The number of nitrogens with zero attached hydrogens (tertiary/aromatic N) is 1. The fraction of sp³-hybridized carbons (Fsp3) is 0.889. The van der Waals surface area contributed by atoms with Crippen molar-refractivity contribution in [2.24, 2.45) is 16.6 Å². The van der Waals surface area contributed by atoms with E-state index in [1.54, 1.807) is 6.92 Å². The van der Waals surface area contributed by atoms with Crippen molar-refractivity contribution in [1.82, 2.24) is 0 Å². The molecule has 2 nitrogen and oxygen atoms in total. The lowest BCUT2D eigenvalue weighted by Crippen LogP contribution is -2.26. The zero-order chi connectivity index (χ0) is 9.90. The molecule has 0 radical (unpaired) electrons. The van der Waals surface area contributed by atoms with Gasteiger partial charge >= 0.3 is 0 Å². The molecular weight excluding hydrogens is 174 g/mol. The lowest BCUT2D eigenvalue weighted by Gasteiger charge is -2.27. The first-order valence-corrected chi connectivity index (χ1v) is 4.64. The summed E-state index contributed by atoms with van der Waals surface area (Å²) in [6.07, 6.45) is 1.17. The number of rotatable bonds is 2. The molecule has 13 heavy (non-hydrogen) atoms. The molecule has 0 heterocycles. The molecule has 1 rings (SSSR count). The third kappa shape index (κ3) is 3.70. The summed E-state index contributed by atoms with van der Waals surface area (Å²) < 4.78 is 25.4. The van der Waals surface area contributed by atoms with Crippen molar-refractivity contribution in [2.75, 3.05) is 6.54 Å². The maximum atomic E-state index is 12.7. The van der Waals surface area contributed by atoms with E-state index < -0.39 is 5.92 Å². The van der Waals surface area contributed by atoms with Crippen LogP contribution in [0.1, 0.15) is 32.6 Å². The van der Waals surface area contributed by atoms with E-state index in [1.165, 1.54) is 0 Å². The summed E-state index contributed by atoms with van der Waals surface area (Å²) in [4.78, 5) is 4.05. The van der Waals surface area contributed by atoms with Crippen LogP contribution in [0.2, 0.25) is 0 Å². The number of hydrogen-bond donors (Lipinski definition) is 1. The lowest BCUT2D eigenvalue weighted by molar-refractivity contribution is -0.0446. The molecule has 0 atom stereocenters. The van der Waals surface area contributed by atoms with Crippen LogP contribution in [-0.2, 0) is 0 Å². The van der Waals surface area contributed by atoms with Crippen LogP contribution in [0, 0.1) is 5.92 Å². The van der Waals surface area contributed by atoms with Crippen LogP contribution < -0.4 is 5.73 Å². The number of nitrogens with two attached hydrogens (primary N) is 1. The normalized spacial score (nSPS) is 24.7. The van der Waals surface area contributed by atoms with Crippen LogP contribution in [0.5, 0.6) is 0 Å². The predicted octanol–water partition coefficient (Wildman–Crippen LogP) is 2.19. The van der Waals surface area contributed by atoms with Gasteiger partial charge in [-0.3, -0.25) is 4.99 Å². The minimum atomic E-state index is -2.43. The fourth-order valence-corrected chi connectivity index (χ4v) is 1.56. The SMILES string of the molecule is CC(N)=NCC1CCC(F)(F)CC1. The van der Waals surface area contributed by atoms with Gasteiger partial charge < -0.3 is 5.73 Å². The van der Waals surface area contributed by atoms with Gasteiger partial charge in [0, 0.05) is 19.4 Å². The summed E-state index contributed by atoms with van der Waals surface area (Å²) in [6, 6.07) is 0. The van der Waals surface area contributed by atoms with Crippen molar-refractivity contribution in [3.8, 4) is 0 Å². The molecular formula is C9H16F2N2. The van der Waals surface area contributed by atoms with E-state index in [9.17, 15) is 8.78 Å². The van der Waals surface area contributed by atoms with E-state index in [4.69, 9.17) is 5.73 Å². The van der Waals surface area contributed by atoms with Gasteiger partial charge in [-0.2, -0.15) is 0 Å². The molecule has 1 saturated carbocycles. The summed E-state index contributed by atoms with van der Waals surface area (Å²) in [5, 5.41) is 0. The average molecular weight is 190 g/mol. The van der Waals surface area contributed by atoms with E-state index in [2.05, 4.69) is 4.99 Å². The first-order valence-electron chi connectivity index (χ1n) is 4.64. The number of aliphatic imine (C=N–C) groups is 1. The largest absolute Gasteiger partial charge is 0.388 e. The van der Waals surface area contributed by atoms with Gasteiger partial charge in [0.25, 0.3) is 0 Å². The second-order valence-electron chi connectivity index (χ2n) is 3.78. The van der Waals surface area contributed by atoms with Crippen LogP contribution in [0.15, 0.2) is 4.99 Å². The Balaban J connectivity index is 2.30. The van der Waals surface area contributed by atoms with E-state index in [0.29, 0.717) is 31.1 Å². The molecule has 0 unspecified atom stereocenters. The highest BCUT2D eigenvalue weighted by atomic mass is 19.3. The van der Waals surface area contributed by atoms with E-state index in [-0.39, 0.29) is 12.8 Å². The number of halogens is 2. The van der Waals surface area contributed by atoms with Crippen molar-refractivity contribution in [2.45, 2.75) is 38.5 Å². The van der Waals surface area contributed by atoms with Gasteiger partial charge in [-0.05, 0) is 25.7 Å². The number of hydrogen-bond acceptors (Lipinski definition) is 1. The first-order chi connectivity index (χ1) is 5.99. The van der Waals surface area contributed by atoms with Crippen molar-refractivity contribution in [3.63, 3.8) is 0 Å². The van der Waals surface area contributed by atoms with E-state index in [0.717, 1.165) is 0 Å². The minimum Gasteiger partial charge on any atom is -0.388 e.